The van der Waals surface area contributed by atoms with Gasteiger partial charge in [0.2, 0.25) is 0 Å². The molecular weight excluding hydrogens is 499 g/mol. The van der Waals surface area contributed by atoms with Crippen LogP contribution in [-0.2, 0) is 6.30 Å². The molecule has 1 amide bonds. The number of nitrogen functional groups attached to an aromatic ring is 1. The van der Waals surface area contributed by atoms with Crippen LogP contribution in [0.15, 0.2) is 61.3 Å². The molecule has 1 fully saturated rings. The zero-order valence-electron chi connectivity index (χ0n) is 19.8. The quantitative estimate of drug-likeness (QED) is 0.374. The third-order valence-corrected chi connectivity index (χ3v) is 7.08. The molecule has 9 nitrogen and oxygen atoms in total. The molecule has 0 unspecified atom stereocenters. The number of fused-ring (bicyclic) bond motifs is 4. The van der Waals surface area contributed by atoms with Crippen LogP contribution in [0.3, 0.4) is 0 Å². The molecular formula is C26H20F3N7O2. The van der Waals surface area contributed by atoms with Crippen LogP contribution in [0.2, 0.25) is 0 Å². The van der Waals surface area contributed by atoms with Crippen LogP contribution in [-0.4, -0.2) is 47.6 Å². The van der Waals surface area contributed by atoms with E-state index in [2.05, 4.69) is 15.1 Å². The van der Waals surface area contributed by atoms with Crippen LogP contribution >= 0.6 is 0 Å². The molecule has 2 aliphatic rings. The maximum Gasteiger partial charge on any atom is 0.504 e. The molecule has 0 bridgehead atoms. The van der Waals surface area contributed by atoms with E-state index in [-0.39, 0.29) is 29.3 Å². The smallest absolute Gasteiger partial charge is 0.491 e. The molecule has 1 aliphatic carbocycles. The van der Waals surface area contributed by atoms with Crippen LogP contribution < -0.4 is 10.5 Å². The van der Waals surface area contributed by atoms with Crippen molar-refractivity contribution in [1.29, 1.82) is 0 Å². The van der Waals surface area contributed by atoms with Gasteiger partial charge in [0.25, 0.3) is 5.91 Å². The molecule has 0 saturated heterocycles. The molecule has 1 atom stereocenters. The summed E-state index contributed by atoms with van der Waals surface area (Å²) in [7, 11) is 0. The van der Waals surface area contributed by atoms with Gasteiger partial charge in [-0.1, -0.05) is 12.1 Å². The van der Waals surface area contributed by atoms with E-state index in [1.54, 1.807) is 42.9 Å². The fourth-order valence-corrected chi connectivity index (χ4v) is 5.08. The van der Waals surface area contributed by atoms with Gasteiger partial charge in [-0.3, -0.25) is 9.20 Å². The molecule has 2 N–H and O–H groups in total. The van der Waals surface area contributed by atoms with Gasteiger partial charge in [-0.15, -0.1) is 13.2 Å². The van der Waals surface area contributed by atoms with E-state index >= 15 is 0 Å². The number of alkyl halides is 3. The van der Waals surface area contributed by atoms with E-state index in [4.69, 9.17) is 10.5 Å². The van der Waals surface area contributed by atoms with Gasteiger partial charge < -0.3 is 15.4 Å². The Hall–Kier alpha value is -4.61. The highest BCUT2D eigenvalue weighted by Crippen LogP contribution is 2.44. The van der Waals surface area contributed by atoms with E-state index < -0.39 is 6.30 Å². The third kappa shape index (κ3) is 3.55. The predicted molar refractivity (Wildman–Crippen MR) is 131 cm³/mol. The zero-order valence-corrected chi connectivity index (χ0v) is 19.8. The van der Waals surface area contributed by atoms with Crippen molar-refractivity contribution >= 4 is 28.3 Å². The van der Waals surface area contributed by atoms with Crippen molar-refractivity contribution in [3.05, 3.63) is 72.4 Å². The summed E-state index contributed by atoms with van der Waals surface area (Å²) in [5.41, 5.74) is 10.3. The van der Waals surface area contributed by atoms with E-state index in [1.165, 1.54) is 6.20 Å². The van der Waals surface area contributed by atoms with E-state index in [0.29, 0.717) is 39.3 Å². The molecule has 38 heavy (non-hydrogen) atoms. The second-order valence-electron chi connectivity index (χ2n) is 9.51. The molecule has 192 valence electrons. The average Bonchev–Trinajstić information content (AvgIpc) is 3.28. The number of halogens is 3. The lowest BCUT2D eigenvalue weighted by Crippen LogP contribution is -2.37. The largest absolute Gasteiger partial charge is 0.504 e. The van der Waals surface area contributed by atoms with Crippen molar-refractivity contribution in [2.24, 2.45) is 0 Å². The van der Waals surface area contributed by atoms with Crippen LogP contribution in [0, 0.1) is 0 Å². The molecule has 7 rings (SSSR count). The van der Waals surface area contributed by atoms with Gasteiger partial charge in [-0.05, 0) is 42.7 Å². The van der Waals surface area contributed by atoms with Crippen LogP contribution in [0.1, 0.15) is 34.8 Å². The summed E-state index contributed by atoms with van der Waals surface area (Å²) in [6.07, 6.45) is 2.57. The lowest BCUT2D eigenvalue weighted by Gasteiger charge is -2.28. The van der Waals surface area contributed by atoms with Gasteiger partial charge in [0.15, 0.2) is 0 Å². The number of nitrogens with zero attached hydrogens (tertiary/aromatic N) is 6. The first-order valence-corrected chi connectivity index (χ1v) is 12.0. The topological polar surface area (TPSA) is 104 Å². The fraction of sp³-hybridized carbons (Fsp3) is 0.231. The number of hydrogen-bond donors (Lipinski definition) is 1. The first-order chi connectivity index (χ1) is 18.3. The SMILES string of the molecule is Nc1nc2ccc(C(=O)N(C3CC3)[C@@H]3COc4cc(-c5cnn(C(F)(F)F)c5)ccc43)cc2n2cncc12. The Morgan fingerprint density at radius 2 is 1.92 bits per heavy atom. The lowest BCUT2D eigenvalue weighted by atomic mass is 10.0. The number of imidazole rings is 1. The Bertz CT molecular complexity index is 1740. The second-order valence-corrected chi connectivity index (χ2v) is 9.51. The molecule has 1 aliphatic heterocycles. The van der Waals surface area contributed by atoms with Gasteiger partial charge in [0.05, 0.1) is 35.8 Å². The molecule has 5 aromatic rings. The fourth-order valence-electron chi connectivity index (χ4n) is 5.08. The minimum absolute atomic E-state index is 0.0301. The van der Waals surface area contributed by atoms with Gasteiger partial charge >= 0.3 is 6.30 Å². The van der Waals surface area contributed by atoms with Gasteiger partial charge in [-0.25, -0.2) is 9.97 Å². The summed E-state index contributed by atoms with van der Waals surface area (Å²) < 4.78 is 46.6. The van der Waals surface area contributed by atoms with Crippen molar-refractivity contribution < 1.29 is 22.7 Å². The van der Waals surface area contributed by atoms with Crippen molar-refractivity contribution in [3.63, 3.8) is 0 Å². The summed E-state index contributed by atoms with van der Waals surface area (Å²) in [5.74, 6) is 0.777. The molecule has 0 radical (unpaired) electrons. The van der Waals surface area contributed by atoms with E-state index in [9.17, 15) is 18.0 Å². The Morgan fingerprint density at radius 3 is 2.68 bits per heavy atom. The van der Waals surface area contributed by atoms with Crippen LogP contribution in [0.4, 0.5) is 19.0 Å². The van der Waals surface area contributed by atoms with Crippen LogP contribution in [0.5, 0.6) is 5.75 Å². The summed E-state index contributed by atoms with van der Waals surface area (Å²) in [6.45, 7) is 0.264. The number of hydrogen-bond acceptors (Lipinski definition) is 6. The van der Waals surface area contributed by atoms with Crippen LogP contribution in [0.25, 0.3) is 27.7 Å². The Kier molecular flexibility index (Phi) is 4.72. The average molecular weight is 519 g/mol. The van der Waals surface area contributed by atoms with E-state index in [1.807, 2.05) is 15.4 Å². The minimum atomic E-state index is -4.59. The van der Waals surface area contributed by atoms with E-state index in [0.717, 1.165) is 30.1 Å². The second kappa shape index (κ2) is 7.94. The third-order valence-electron chi connectivity index (χ3n) is 7.08. The number of benzene rings is 2. The van der Waals surface area contributed by atoms with Crippen molar-refractivity contribution in [1.82, 2.24) is 29.0 Å². The molecule has 12 heteroatoms. The maximum absolute atomic E-state index is 13.9. The van der Waals surface area contributed by atoms with Crippen molar-refractivity contribution in [3.8, 4) is 16.9 Å². The number of carbonyl (C=O) groups is 1. The highest BCUT2D eigenvalue weighted by molar-refractivity contribution is 5.98. The number of ether oxygens (including phenoxy) is 1. The summed E-state index contributed by atoms with van der Waals surface area (Å²) in [4.78, 5) is 24.3. The minimum Gasteiger partial charge on any atom is -0.491 e. The molecule has 3 aromatic heterocycles. The summed E-state index contributed by atoms with van der Waals surface area (Å²) >= 11 is 0. The number of nitrogens with two attached hydrogens (primary N) is 1. The Labute approximate surface area is 213 Å². The first kappa shape index (κ1) is 22.6. The van der Waals surface area contributed by atoms with Gasteiger partial charge in [-0.2, -0.15) is 9.78 Å². The number of aromatic nitrogens is 5. The van der Waals surface area contributed by atoms with Crippen molar-refractivity contribution in [2.45, 2.75) is 31.2 Å². The lowest BCUT2D eigenvalue weighted by molar-refractivity contribution is -0.212. The number of carbonyl (C=O) groups excluding carboxylic acids is 1. The highest BCUT2D eigenvalue weighted by atomic mass is 19.4. The Morgan fingerprint density at radius 1 is 1.08 bits per heavy atom. The summed E-state index contributed by atoms with van der Waals surface area (Å²) in [6, 6.07) is 10.3. The normalized spacial score (nSPS) is 17.1. The van der Waals surface area contributed by atoms with Crippen molar-refractivity contribution in [2.75, 3.05) is 12.3 Å². The Balaban J connectivity index is 1.22. The first-order valence-electron chi connectivity index (χ1n) is 12.0. The predicted octanol–water partition coefficient (Wildman–Crippen LogP) is 4.54. The maximum atomic E-state index is 13.9. The monoisotopic (exact) mass is 519 g/mol. The highest BCUT2D eigenvalue weighted by Gasteiger charge is 2.42. The standard InChI is InChI=1S/C26H20F3N7O2/c27-26(28,29)35-11-16(9-32-35)14-1-5-18-22(12-38-23(18)8-14)36(17-3-4-17)25(37)15-2-6-19-20(7-15)34-13-31-10-21(34)24(30)33-19/h1-2,5-11,13,17,22H,3-4,12H2,(H2,30,33)/t22-/m1/s1. The zero-order chi connectivity index (χ0) is 26.2. The van der Waals surface area contributed by atoms with Gasteiger partial charge in [0, 0.05) is 28.9 Å². The number of anilines is 1. The molecule has 4 heterocycles. The molecule has 2 aromatic carbocycles. The number of amides is 1. The number of rotatable bonds is 4. The van der Waals surface area contributed by atoms with Gasteiger partial charge in [0.1, 0.15) is 23.7 Å². The summed E-state index contributed by atoms with van der Waals surface area (Å²) in [5, 5.41) is 3.41. The molecule has 1 saturated carbocycles. The molecule has 0 spiro atoms.